The van der Waals surface area contributed by atoms with E-state index in [9.17, 15) is 9.59 Å². The molecule has 2 saturated heterocycles. The molecule has 7 nitrogen and oxygen atoms in total. The van der Waals surface area contributed by atoms with Gasteiger partial charge in [-0.05, 0) is 56.7 Å². The zero-order valence-corrected chi connectivity index (χ0v) is 17.3. The number of halogens is 1. The Labute approximate surface area is 176 Å². The highest BCUT2D eigenvalue weighted by Crippen LogP contribution is 2.33. The van der Waals surface area contributed by atoms with E-state index in [-0.39, 0.29) is 24.0 Å². The van der Waals surface area contributed by atoms with Crippen molar-refractivity contribution < 1.29 is 14.3 Å². The number of carbonyl (C=O) groups excluding carboxylic acids is 2. The quantitative estimate of drug-likeness (QED) is 0.703. The second-order valence-corrected chi connectivity index (χ2v) is 7.61. The third-order valence-electron chi connectivity index (χ3n) is 5.54. The second kappa shape index (κ2) is 9.41. The minimum absolute atomic E-state index is 0. The molecular formula is C21H27ClN4O3. The molecule has 29 heavy (non-hydrogen) atoms. The average Bonchev–Trinajstić information content (AvgIpc) is 3.29. The number of fused-ring (bicyclic) bond motifs is 2. The molecule has 156 valence electrons. The lowest BCUT2D eigenvalue weighted by Crippen LogP contribution is -2.39. The van der Waals surface area contributed by atoms with Gasteiger partial charge < -0.3 is 15.4 Å². The predicted octanol–water partition coefficient (Wildman–Crippen LogP) is 3.33. The van der Waals surface area contributed by atoms with Gasteiger partial charge in [-0.2, -0.15) is 5.10 Å². The summed E-state index contributed by atoms with van der Waals surface area (Å²) < 4.78 is 6.58. The number of para-hydroxylation sites is 2. The maximum absolute atomic E-state index is 12.7. The van der Waals surface area contributed by atoms with E-state index < -0.39 is 5.97 Å². The Hall–Kier alpha value is -2.38. The first kappa shape index (κ1) is 21.3. The van der Waals surface area contributed by atoms with Crippen molar-refractivity contribution in [3.63, 3.8) is 0 Å². The minimum Gasteiger partial charge on any atom is -0.461 e. The number of piperidine rings is 1. The molecule has 8 heteroatoms. The Morgan fingerprint density at radius 2 is 1.93 bits per heavy atom. The Bertz CT molecular complexity index is 857. The number of benzene rings is 1. The first-order valence-corrected chi connectivity index (χ1v) is 10.0. The number of esters is 1. The van der Waals surface area contributed by atoms with Crippen LogP contribution in [-0.4, -0.2) is 40.3 Å². The molecule has 2 aliphatic rings. The van der Waals surface area contributed by atoms with Crippen LogP contribution in [0.2, 0.25) is 0 Å². The standard InChI is InChI=1S/C21H26N4O3.ClH/c1-2-28-21(27)18-9-10-25(24-18)19-6-4-3-5-17(19)23-20(26)13-14-11-15-7-8-16(12-14)22-15;/h3-6,9-10,14-16,22H,2,7-8,11-13H2,1H3,(H,23,26);1H. The molecule has 0 radical (unpaired) electrons. The van der Waals surface area contributed by atoms with Gasteiger partial charge in [0.1, 0.15) is 0 Å². The Balaban J connectivity index is 0.00000240. The lowest BCUT2D eigenvalue weighted by Gasteiger charge is -2.28. The molecule has 2 unspecified atom stereocenters. The number of hydrogen-bond donors (Lipinski definition) is 2. The molecule has 3 heterocycles. The first-order valence-electron chi connectivity index (χ1n) is 10.0. The van der Waals surface area contributed by atoms with Crippen LogP contribution in [0.1, 0.15) is 49.5 Å². The summed E-state index contributed by atoms with van der Waals surface area (Å²) in [6.07, 6.45) is 6.85. The highest BCUT2D eigenvalue weighted by atomic mass is 35.5. The van der Waals surface area contributed by atoms with Gasteiger partial charge in [-0.25, -0.2) is 9.48 Å². The highest BCUT2D eigenvalue weighted by Gasteiger charge is 2.34. The van der Waals surface area contributed by atoms with Crippen LogP contribution >= 0.6 is 12.4 Å². The van der Waals surface area contributed by atoms with E-state index in [0.717, 1.165) is 18.5 Å². The zero-order valence-electron chi connectivity index (χ0n) is 16.5. The van der Waals surface area contributed by atoms with Crippen LogP contribution in [0.25, 0.3) is 5.69 Å². The largest absolute Gasteiger partial charge is 0.461 e. The molecule has 1 aromatic carbocycles. The van der Waals surface area contributed by atoms with Gasteiger partial charge in [-0.3, -0.25) is 4.79 Å². The molecule has 4 rings (SSSR count). The lowest BCUT2D eigenvalue weighted by atomic mass is 9.89. The van der Waals surface area contributed by atoms with Crippen molar-refractivity contribution in [2.45, 2.75) is 51.1 Å². The van der Waals surface area contributed by atoms with Crippen molar-refractivity contribution in [3.8, 4) is 5.69 Å². The summed E-state index contributed by atoms with van der Waals surface area (Å²) in [7, 11) is 0. The van der Waals surface area contributed by atoms with E-state index in [4.69, 9.17) is 4.74 Å². The number of aromatic nitrogens is 2. The van der Waals surface area contributed by atoms with Crippen molar-refractivity contribution in [1.82, 2.24) is 15.1 Å². The molecule has 2 aliphatic heterocycles. The number of rotatable bonds is 6. The first-order chi connectivity index (χ1) is 13.6. The van der Waals surface area contributed by atoms with E-state index in [0.29, 0.717) is 36.7 Å². The van der Waals surface area contributed by atoms with Crippen molar-refractivity contribution in [1.29, 1.82) is 0 Å². The second-order valence-electron chi connectivity index (χ2n) is 7.61. The maximum Gasteiger partial charge on any atom is 0.358 e. The van der Waals surface area contributed by atoms with Crippen molar-refractivity contribution in [2.24, 2.45) is 5.92 Å². The van der Waals surface area contributed by atoms with E-state index in [1.807, 2.05) is 24.3 Å². The fraction of sp³-hybridized carbons (Fsp3) is 0.476. The van der Waals surface area contributed by atoms with Crippen LogP contribution in [0, 0.1) is 5.92 Å². The summed E-state index contributed by atoms with van der Waals surface area (Å²) in [5.74, 6) is 0.00543. The molecule has 2 atom stereocenters. The maximum atomic E-state index is 12.7. The zero-order chi connectivity index (χ0) is 19.5. The molecule has 1 amide bonds. The number of ether oxygens (including phenoxy) is 1. The molecule has 2 aromatic rings. The molecule has 0 aliphatic carbocycles. The number of hydrogen-bond acceptors (Lipinski definition) is 5. The van der Waals surface area contributed by atoms with Gasteiger partial charge in [0.2, 0.25) is 5.91 Å². The summed E-state index contributed by atoms with van der Waals surface area (Å²) in [6.45, 7) is 2.06. The van der Waals surface area contributed by atoms with Crippen LogP contribution in [-0.2, 0) is 9.53 Å². The summed E-state index contributed by atoms with van der Waals surface area (Å²) >= 11 is 0. The molecule has 0 spiro atoms. The van der Waals surface area contributed by atoms with E-state index >= 15 is 0 Å². The number of nitrogens with one attached hydrogen (secondary N) is 2. The Morgan fingerprint density at radius 1 is 1.21 bits per heavy atom. The number of amides is 1. The fourth-order valence-electron chi connectivity index (χ4n) is 4.36. The molecule has 2 N–H and O–H groups in total. The third-order valence-corrected chi connectivity index (χ3v) is 5.54. The number of carbonyl (C=O) groups is 2. The molecule has 0 saturated carbocycles. The van der Waals surface area contributed by atoms with Crippen LogP contribution < -0.4 is 10.6 Å². The summed E-state index contributed by atoms with van der Waals surface area (Å²) in [5, 5.41) is 10.9. The van der Waals surface area contributed by atoms with Gasteiger partial charge >= 0.3 is 5.97 Å². The molecule has 2 bridgehead atoms. The van der Waals surface area contributed by atoms with Crippen LogP contribution in [0.5, 0.6) is 0 Å². The average molecular weight is 419 g/mol. The molecular weight excluding hydrogens is 392 g/mol. The molecule has 1 aromatic heterocycles. The summed E-state index contributed by atoms with van der Waals surface area (Å²) in [4.78, 5) is 24.5. The van der Waals surface area contributed by atoms with Gasteiger partial charge in [-0.1, -0.05) is 12.1 Å². The Morgan fingerprint density at radius 3 is 2.66 bits per heavy atom. The van der Waals surface area contributed by atoms with Gasteiger partial charge in [0.15, 0.2) is 5.69 Å². The lowest BCUT2D eigenvalue weighted by molar-refractivity contribution is -0.117. The van der Waals surface area contributed by atoms with Crippen molar-refractivity contribution in [3.05, 3.63) is 42.2 Å². The van der Waals surface area contributed by atoms with Gasteiger partial charge in [0.25, 0.3) is 0 Å². The third kappa shape index (κ3) is 4.97. The van der Waals surface area contributed by atoms with Crippen LogP contribution in [0.15, 0.2) is 36.5 Å². The highest BCUT2D eigenvalue weighted by molar-refractivity contribution is 5.93. The number of nitrogens with zero attached hydrogens (tertiary/aromatic N) is 2. The Kier molecular flexibility index (Phi) is 6.92. The van der Waals surface area contributed by atoms with Gasteiger partial charge in [0, 0.05) is 24.7 Å². The van der Waals surface area contributed by atoms with Crippen LogP contribution in [0.4, 0.5) is 5.69 Å². The fourth-order valence-corrected chi connectivity index (χ4v) is 4.36. The summed E-state index contributed by atoms with van der Waals surface area (Å²) in [6, 6.07) is 10.2. The topological polar surface area (TPSA) is 85.2 Å². The van der Waals surface area contributed by atoms with E-state index in [1.54, 1.807) is 23.9 Å². The van der Waals surface area contributed by atoms with Crippen LogP contribution in [0.3, 0.4) is 0 Å². The minimum atomic E-state index is -0.455. The summed E-state index contributed by atoms with van der Waals surface area (Å²) in [5.41, 5.74) is 1.65. The SMILES string of the molecule is CCOC(=O)c1ccn(-c2ccccc2NC(=O)CC2CC3CCC(C2)N3)n1.Cl. The smallest absolute Gasteiger partial charge is 0.358 e. The van der Waals surface area contributed by atoms with Gasteiger partial charge in [-0.15, -0.1) is 12.4 Å². The monoisotopic (exact) mass is 418 g/mol. The molecule has 2 fully saturated rings. The van der Waals surface area contributed by atoms with Gasteiger partial charge in [0.05, 0.1) is 18.0 Å². The predicted molar refractivity (Wildman–Crippen MR) is 113 cm³/mol. The number of anilines is 1. The van der Waals surface area contributed by atoms with Crippen molar-refractivity contribution >= 4 is 30.0 Å². The van der Waals surface area contributed by atoms with E-state index in [1.165, 1.54) is 12.8 Å². The van der Waals surface area contributed by atoms with Crippen molar-refractivity contribution in [2.75, 3.05) is 11.9 Å². The van der Waals surface area contributed by atoms with E-state index in [2.05, 4.69) is 15.7 Å². The normalized spacial score (nSPS) is 22.6.